The van der Waals surface area contributed by atoms with E-state index in [9.17, 15) is 4.79 Å². The lowest BCUT2D eigenvalue weighted by Crippen LogP contribution is -2.29. The van der Waals surface area contributed by atoms with Gasteiger partial charge in [0.05, 0.1) is 5.69 Å². The van der Waals surface area contributed by atoms with Gasteiger partial charge in [-0.2, -0.15) is 0 Å². The predicted octanol–water partition coefficient (Wildman–Crippen LogP) is 5.10. The summed E-state index contributed by atoms with van der Waals surface area (Å²) in [6.07, 6.45) is 2.01. The maximum Gasteiger partial charge on any atom is 0.268 e. The Morgan fingerprint density at radius 1 is 1.22 bits per heavy atom. The summed E-state index contributed by atoms with van der Waals surface area (Å²) in [6.45, 7) is 5.68. The zero-order chi connectivity index (χ0) is 16.6. The van der Waals surface area contributed by atoms with Crippen molar-refractivity contribution in [3.05, 3.63) is 33.2 Å². The second-order valence-corrected chi connectivity index (χ2v) is 8.38. The molecule has 1 saturated heterocycles. The molecule has 23 heavy (non-hydrogen) atoms. The lowest BCUT2D eigenvalue weighted by molar-refractivity contribution is -0.122. The number of benzene rings is 1. The summed E-state index contributed by atoms with van der Waals surface area (Å²) in [5.41, 5.74) is 1.07. The Labute approximate surface area is 155 Å². The number of unbranched alkanes of at least 4 members (excludes halogenated alkanes) is 1. The van der Waals surface area contributed by atoms with Crippen LogP contribution in [-0.4, -0.2) is 28.2 Å². The van der Waals surface area contributed by atoms with Crippen LogP contribution in [-0.2, 0) is 4.79 Å². The van der Waals surface area contributed by atoms with Crippen LogP contribution in [0.1, 0.15) is 26.7 Å². The van der Waals surface area contributed by atoms with Crippen molar-refractivity contribution < 1.29 is 4.79 Å². The van der Waals surface area contributed by atoms with Crippen LogP contribution in [0.4, 0.5) is 5.69 Å². The highest BCUT2D eigenvalue weighted by atomic mass is 35.5. The first-order valence-electron chi connectivity index (χ1n) is 7.59. The van der Waals surface area contributed by atoms with E-state index in [0.29, 0.717) is 15.9 Å². The molecule has 0 saturated carbocycles. The molecule has 7 heteroatoms. The van der Waals surface area contributed by atoms with Crippen LogP contribution in [0.3, 0.4) is 0 Å². The molecular formula is C16H17ClN2OS3. The van der Waals surface area contributed by atoms with Gasteiger partial charge in [-0.3, -0.25) is 9.69 Å². The minimum atomic E-state index is 0.0355. The van der Waals surface area contributed by atoms with Gasteiger partial charge in [0.25, 0.3) is 5.91 Å². The first kappa shape index (κ1) is 17.1. The van der Waals surface area contributed by atoms with Crippen molar-refractivity contribution in [3.8, 4) is 0 Å². The van der Waals surface area contributed by atoms with Crippen LogP contribution in [0.25, 0.3) is 0 Å². The molecule has 0 aromatic heterocycles. The van der Waals surface area contributed by atoms with Gasteiger partial charge < -0.3 is 4.90 Å². The average Bonchev–Trinajstić information content (AvgIpc) is 3.02. The van der Waals surface area contributed by atoms with Crippen molar-refractivity contribution in [2.45, 2.75) is 31.6 Å². The summed E-state index contributed by atoms with van der Waals surface area (Å²) >= 11 is 14.6. The SMILES string of the molecule is CCCCN1C(=O)/C(=C2\Sc3ccc(Cl)cc3N2CC)SC1=S. The molecule has 0 unspecified atom stereocenters. The van der Waals surface area contributed by atoms with E-state index in [1.54, 1.807) is 16.7 Å². The molecule has 1 aromatic carbocycles. The Hall–Kier alpha value is -0.690. The van der Waals surface area contributed by atoms with Crippen molar-refractivity contribution >= 4 is 63.3 Å². The third-order valence-electron chi connectivity index (χ3n) is 3.76. The molecule has 0 bridgehead atoms. The molecule has 0 spiro atoms. The number of halogens is 1. The van der Waals surface area contributed by atoms with Crippen molar-refractivity contribution in [1.29, 1.82) is 0 Å². The minimum Gasteiger partial charge on any atom is -0.334 e. The Bertz CT molecular complexity index is 705. The van der Waals surface area contributed by atoms with E-state index < -0.39 is 0 Å². The number of thioether (sulfide) groups is 2. The molecule has 122 valence electrons. The van der Waals surface area contributed by atoms with Gasteiger partial charge in [0, 0.05) is 23.0 Å². The van der Waals surface area contributed by atoms with E-state index in [1.807, 2.05) is 18.2 Å². The predicted molar refractivity (Wildman–Crippen MR) is 104 cm³/mol. The van der Waals surface area contributed by atoms with Gasteiger partial charge in [-0.1, -0.05) is 60.7 Å². The zero-order valence-electron chi connectivity index (χ0n) is 13.0. The fourth-order valence-electron chi connectivity index (χ4n) is 2.58. The van der Waals surface area contributed by atoms with Gasteiger partial charge >= 0.3 is 0 Å². The normalized spacial score (nSPS) is 20.7. The Kier molecular flexibility index (Phi) is 5.26. The maximum atomic E-state index is 12.8. The van der Waals surface area contributed by atoms with Crippen LogP contribution >= 0.6 is 47.3 Å². The van der Waals surface area contributed by atoms with Crippen LogP contribution < -0.4 is 4.90 Å². The number of amides is 1. The van der Waals surface area contributed by atoms with Crippen LogP contribution in [0.2, 0.25) is 5.02 Å². The summed E-state index contributed by atoms with van der Waals surface area (Å²) in [7, 11) is 0. The summed E-state index contributed by atoms with van der Waals surface area (Å²) in [6, 6.07) is 5.85. The van der Waals surface area contributed by atoms with E-state index in [-0.39, 0.29) is 5.91 Å². The number of fused-ring (bicyclic) bond motifs is 1. The second-order valence-electron chi connectivity index (χ2n) is 5.27. The Morgan fingerprint density at radius 2 is 2.00 bits per heavy atom. The first-order valence-corrected chi connectivity index (χ1v) is 10.0. The summed E-state index contributed by atoms with van der Waals surface area (Å²) in [5.74, 6) is 0.0355. The van der Waals surface area contributed by atoms with Gasteiger partial charge in [-0.25, -0.2) is 0 Å². The highest BCUT2D eigenvalue weighted by Crippen LogP contribution is 2.51. The third-order valence-corrected chi connectivity index (χ3v) is 6.74. The number of hydrogen-bond acceptors (Lipinski definition) is 5. The number of anilines is 1. The highest BCUT2D eigenvalue weighted by Gasteiger charge is 2.38. The molecule has 1 amide bonds. The lowest BCUT2D eigenvalue weighted by atomic mass is 10.3. The molecule has 3 rings (SSSR count). The first-order chi connectivity index (χ1) is 11.1. The second kappa shape index (κ2) is 7.05. The van der Waals surface area contributed by atoms with Crippen molar-refractivity contribution in [3.63, 3.8) is 0 Å². The van der Waals surface area contributed by atoms with Gasteiger partial charge in [0.2, 0.25) is 0 Å². The fraction of sp³-hybridized carbons (Fsp3) is 0.375. The summed E-state index contributed by atoms with van der Waals surface area (Å²) in [5, 5.41) is 1.68. The van der Waals surface area contributed by atoms with Crippen LogP contribution in [0.5, 0.6) is 0 Å². The number of hydrogen-bond donors (Lipinski definition) is 0. The maximum absolute atomic E-state index is 12.8. The third kappa shape index (κ3) is 3.14. The van der Waals surface area contributed by atoms with Crippen LogP contribution in [0, 0.1) is 0 Å². The molecular weight excluding hydrogens is 368 g/mol. The summed E-state index contributed by atoms with van der Waals surface area (Å²) < 4.78 is 0.664. The monoisotopic (exact) mass is 384 g/mol. The Morgan fingerprint density at radius 3 is 2.70 bits per heavy atom. The van der Waals surface area contributed by atoms with E-state index in [0.717, 1.165) is 39.9 Å². The number of carbonyl (C=O) groups is 1. The van der Waals surface area contributed by atoms with Crippen molar-refractivity contribution in [2.24, 2.45) is 0 Å². The van der Waals surface area contributed by atoms with Crippen molar-refractivity contribution in [2.75, 3.05) is 18.0 Å². The van der Waals surface area contributed by atoms with E-state index in [1.165, 1.54) is 11.8 Å². The largest absolute Gasteiger partial charge is 0.334 e. The molecule has 1 fully saturated rings. The lowest BCUT2D eigenvalue weighted by Gasteiger charge is -2.19. The molecule has 1 aromatic rings. The smallest absolute Gasteiger partial charge is 0.268 e. The molecule has 2 aliphatic heterocycles. The number of nitrogens with zero attached hydrogens (tertiary/aromatic N) is 2. The molecule has 0 N–H and O–H groups in total. The van der Waals surface area contributed by atoms with Gasteiger partial charge in [0.15, 0.2) is 0 Å². The number of rotatable bonds is 4. The standard InChI is InChI=1S/C16H17ClN2OS3/c1-3-5-8-19-14(20)13(23-16(19)21)15-18(4-2)11-9-10(17)6-7-12(11)22-15/h6-7,9H,3-5,8H2,1-2H3/b15-13+. The highest BCUT2D eigenvalue weighted by molar-refractivity contribution is 8.27. The zero-order valence-corrected chi connectivity index (χ0v) is 16.2. The van der Waals surface area contributed by atoms with E-state index in [2.05, 4.69) is 18.7 Å². The van der Waals surface area contributed by atoms with E-state index >= 15 is 0 Å². The van der Waals surface area contributed by atoms with Gasteiger partial charge in [-0.15, -0.1) is 0 Å². The molecule has 2 aliphatic rings. The van der Waals surface area contributed by atoms with Gasteiger partial charge in [0.1, 0.15) is 14.3 Å². The molecule has 0 radical (unpaired) electrons. The minimum absolute atomic E-state index is 0.0355. The van der Waals surface area contributed by atoms with Crippen LogP contribution in [0.15, 0.2) is 33.0 Å². The Balaban J connectivity index is 1.96. The molecule has 2 heterocycles. The fourth-order valence-corrected chi connectivity index (χ4v) is 5.41. The number of thiocarbonyl (C=S) groups is 1. The molecule has 0 atom stereocenters. The number of carbonyl (C=O) groups excluding carboxylic acids is 1. The molecule has 0 aliphatic carbocycles. The van der Waals surface area contributed by atoms with Gasteiger partial charge in [-0.05, 0) is 31.5 Å². The van der Waals surface area contributed by atoms with Crippen molar-refractivity contribution in [1.82, 2.24) is 4.90 Å². The summed E-state index contributed by atoms with van der Waals surface area (Å²) in [4.78, 5) is 18.5. The average molecular weight is 385 g/mol. The quantitative estimate of drug-likeness (QED) is 0.530. The molecule has 3 nitrogen and oxygen atoms in total. The topological polar surface area (TPSA) is 23.6 Å². The van der Waals surface area contributed by atoms with E-state index in [4.69, 9.17) is 23.8 Å².